The third kappa shape index (κ3) is 11.5. The van der Waals surface area contributed by atoms with E-state index in [4.69, 9.17) is 4.74 Å². The summed E-state index contributed by atoms with van der Waals surface area (Å²) in [5.41, 5.74) is 2.75. The second-order valence-corrected chi connectivity index (χ2v) is 12.5. The Balaban J connectivity index is 1.04. The van der Waals surface area contributed by atoms with Gasteiger partial charge in [-0.3, -0.25) is 14.9 Å². The quantitative estimate of drug-likeness (QED) is 0.251. The van der Waals surface area contributed by atoms with Gasteiger partial charge in [0.25, 0.3) is 0 Å². The van der Waals surface area contributed by atoms with Crippen molar-refractivity contribution in [2.75, 3.05) is 64.7 Å². The molecule has 0 bridgehead atoms. The molecule has 2 N–H and O–H groups in total. The summed E-state index contributed by atoms with van der Waals surface area (Å²) in [7, 11) is 1.90. The van der Waals surface area contributed by atoms with Crippen LogP contribution in [0.25, 0.3) is 11.1 Å². The van der Waals surface area contributed by atoms with E-state index in [2.05, 4.69) is 27.4 Å². The van der Waals surface area contributed by atoms with Gasteiger partial charge in [0.1, 0.15) is 6.10 Å². The second-order valence-electron chi connectivity index (χ2n) is 12.5. The summed E-state index contributed by atoms with van der Waals surface area (Å²) in [5.74, 6) is 0.597. The van der Waals surface area contributed by atoms with Crippen LogP contribution in [0.2, 0.25) is 0 Å². The van der Waals surface area contributed by atoms with Crippen LogP contribution in [0.3, 0.4) is 0 Å². The van der Waals surface area contributed by atoms with Gasteiger partial charge in [-0.15, -0.1) is 0 Å². The van der Waals surface area contributed by atoms with Gasteiger partial charge < -0.3 is 24.8 Å². The molecule has 2 heterocycles. The van der Waals surface area contributed by atoms with Crippen molar-refractivity contribution in [3.63, 3.8) is 0 Å². The molecule has 2 saturated heterocycles. The molecule has 0 unspecified atom stereocenters. The van der Waals surface area contributed by atoms with Gasteiger partial charge >= 0.3 is 6.09 Å². The Labute approximate surface area is 269 Å². The lowest BCUT2D eigenvalue weighted by atomic mass is 9.95. The minimum Gasteiger partial charge on any atom is -0.446 e. The van der Waals surface area contributed by atoms with E-state index in [0.29, 0.717) is 13.0 Å². The standard InChI is InChI=1S/C36H53N5O4/c1-3-21-37-35(43)30-17-23-40(24-18-30)22-11-5-8-16-34(42)39(2)27-28-41-25-19-31(20-26-41)45-36(44)38-33-15-10-9-14-32(33)29-12-6-4-7-13-29/h4,6-7,9-10,12-15,30-31H,3,5,8,11,16-28H2,1-2H3,(H,37,43)(H,38,44). The highest BCUT2D eigenvalue weighted by atomic mass is 16.6. The summed E-state index contributed by atoms with van der Waals surface area (Å²) >= 11 is 0. The number of ether oxygens (including phenoxy) is 1. The van der Waals surface area contributed by atoms with Crippen LogP contribution < -0.4 is 10.6 Å². The number of para-hydroxylation sites is 1. The smallest absolute Gasteiger partial charge is 0.411 e. The Hall–Kier alpha value is -3.43. The number of carbonyl (C=O) groups is 3. The fraction of sp³-hybridized carbons (Fsp3) is 0.583. The molecule has 2 aliphatic rings. The SMILES string of the molecule is CCCNC(=O)C1CCN(CCCCCC(=O)N(C)CCN2CCC(OC(=O)Nc3ccccc3-c3ccccc3)CC2)CC1. The van der Waals surface area contributed by atoms with Crippen LogP contribution in [-0.2, 0) is 14.3 Å². The molecule has 0 radical (unpaired) electrons. The number of nitrogens with zero attached hydrogens (tertiary/aromatic N) is 3. The summed E-state index contributed by atoms with van der Waals surface area (Å²) in [4.78, 5) is 44.2. The molecule has 0 aromatic heterocycles. The van der Waals surface area contributed by atoms with Gasteiger partial charge in [-0.25, -0.2) is 4.79 Å². The average Bonchev–Trinajstić information content (AvgIpc) is 3.07. The topological polar surface area (TPSA) is 94.2 Å². The average molecular weight is 620 g/mol. The summed E-state index contributed by atoms with van der Waals surface area (Å²) in [5, 5.41) is 5.97. The zero-order valence-corrected chi connectivity index (χ0v) is 27.3. The van der Waals surface area contributed by atoms with Gasteiger partial charge in [0.15, 0.2) is 0 Å². The van der Waals surface area contributed by atoms with Crippen LogP contribution in [0.15, 0.2) is 54.6 Å². The van der Waals surface area contributed by atoms with Crippen molar-refractivity contribution in [3.05, 3.63) is 54.6 Å². The molecule has 0 aliphatic carbocycles. The predicted octanol–water partition coefficient (Wildman–Crippen LogP) is 5.62. The molecular formula is C36H53N5O4. The molecule has 0 spiro atoms. The lowest BCUT2D eigenvalue weighted by Gasteiger charge is -2.32. The van der Waals surface area contributed by atoms with Gasteiger partial charge in [0.2, 0.25) is 11.8 Å². The number of anilines is 1. The summed E-state index contributed by atoms with van der Waals surface area (Å²) < 4.78 is 5.77. The molecule has 3 amide bonds. The Morgan fingerprint density at radius 1 is 0.844 bits per heavy atom. The molecule has 9 heteroatoms. The number of unbranched alkanes of at least 4 members (excludes halogenated alkanes) is 2. The van der Waals surface area contributed by atoms with E-state index in [9.17, 15) is 14.4 Å². The highest BCUT2D eigenvalue weighted by molar-refractivity contribution is 5.91. The van der Waals surface area contributed by atoms with Crippen molar-refractivity contribution in [2.45, 2.75) is 70.8 Å². The summed E-state index contributed by atoms with van der Waals surface area (Å²) in [6.07, 6.45) is 7.57. The van der Waals surface area contributed by atoms with Gasteiger partial charge in [-0.1, -0.05) is 61.9 Å². The maximum Gasteiger partial charge on any atom is 0.411 e. The number of piperidine rings is 2. The number of likely N-dealkylation sites (tertiary alicyclic amines) is 2. The van der Waals surface area contributed by atoms with E-state index in [1.807, 2.05) is 66.5 Å². The molecule has 4 rings (SSSR count). The molecule has 2 aromatic rings. The van der Waals surface area contributed by atoms with Crippen molar-refractivity contribution in [1.29, 1.82) is 0 Å². The van der Waals surface area contributed by atoms with Crippen molar-refractivity contribution in [3.8, 4) is 11.1 Å². The number of hydrogen-bond acceptors (Lipinski definition) is 6. The third-order valence-electron chi connectivity index (χ3n) is 9.11. The van der Waals surface area contributed by atoms with Crippen LogP contribution in [0.1, 0.15) is 64.7 Å². The van der Waals surface area contributed by atoms with Gasteiger partial charge in [-0.05, 0) is 76.2 Å². The first kappa shape index (κ1) is 34.4. The Kier molecular flexibility index (Phi) is 14.2. The molecule has 9 nitrogen and oxygen atoms in total. The minimum absolute atomic E-state index is 0.110. The maximum absolute atomic E-state index is 12.7. The van der Waals surface area contributed by atoms with E-state index >= 15 is 0 Å². The zero-order chi connectivity index (χ0) is 31.9. The number of rotatable bonds is 15. The van der Waals surface area contributed by atoms with Crippen molar-refractivity contribution < 1.29 is 19.1 Å². The molecule has 2 fully saturated rings. The number of benzene rings is 2. The molecule has 2 aliphatic heterocycles. The number of carbonyl (C=O) groups excluding carboxylic acids is 3. The van der Waals surface area contributed by atoms with Gasteiger partial charge in [-0.2, -0.15) is 0 Å². The fourth-order valence-electron chi connectivity index (χ4n) is 6.21. The zero-order valence-electron chi connectivity index (χ0n) is 27.3. The predicted molar refractivity (Wildman–Crippen MR) is 180 cm³/mol. The fourth-order valence-corrected chi connectivity index (χ4v) is 6.21. The number of amides is 3. The van der Waals surface area contributed by atoms with Crippen LogP contribution in [0, 0.1) is 5.92 Å². The first-order valence-electron chi connectivity index (χ1n) is 17.0. The molecule has 2 aromatic carbocycles. The van der Waals surface area contributed by atoms with Crippen molar-refractivity contribution >= 4 is 23.6 Å². The summed E-state index contributed by atoms with van der Waals surface area (Å²) in [6.45, 7) is 9.12. The third-order valence-corrected chi connectivity index (χ3v) is 9.11. The van der Waals surface area contributed by atoms with Crippen molar-refractivity contribution in [1.82, 2.24) is 20.0 Å². The molecular weight excluding hydrogens is 566 g/mol. The monoisotopic (exact) mass is 619 g/mol. The van der Waals surface area contributed by atoms with Crippen LogP contribution in [0.4, 0.5) is 10.5 Å². The number of hydrogen-bond donors (Lipinski definition) is 2. The maximum atomic E-state index is 12.7. The van der Waals surface area contributed by atoms with Gasteiger partial charge in [0.05, 0.1) is 5.69 Å². The normalized spacial score (nSPS) is 16.7. The molecule has 0 saturated carbocycles. The van der Waals surface area contributed by atoms with Crippen LogP contribution >= 0.6 is 0 Å². The number of likely N-dealkylation sites (N-methyl/N-ethyl adjacent to an activating group) is 1. The van der Waals surface area contributed by atoms with E-state index in [1.165, 1.54) is 0 Å². The Morgan fingerprint density at radius 2 is 1.51 bits per heavy atom. The molecule has 246 valence electrons. The lowest BCUT2D eigenvalue weighted by molar-refractivity contribution is -0.130. The second kappa shape index (κ2) is 18.5. The first-order chi connectivity index (χ1) is 21.9. The van der Waals surface area contributed by atoms with Crippen LogP contribution in [-0.4, -0.2) is 98.1 Å². The molecule has 0 atom stereocenters. The van der Waals surface area contributed by atoms with E-state index in [-0.39, 0.29) is 23.8 Å². The van der Waals surface area contributed by atoms with Crippen molar-refractivity contribution in [2.24, 2.45) is 5.92 Å². The summed E-state index contributed by atoms with van der Waals surface area (Å²) in [6, 6.07) is 17.8. The Morgan fingerprint density at radius 3 is 2.24 bits per heavy atom. The van der Waals surface area contributed by atoms with E-state index in [1.54, 1.807) is 0 Å². The lowest BCUT2D eigenvalue weighted by Crippen LogP contribution is -2.42. The molecule has 45 heavy (non-hydrogen) atoms. The van der Waals surface area contributed by atoms with Crippen LogP contribution in [0.5, 0.6) is 0 Å². The van der Waals surface area contributed by atoms with E-state index < -0.39 is 6.09 Å². The largest absolute Gasteiger partial charge is 0.446 e. The van der Waals surface area contributed by atoms with Gasteiger partial charge in [0, 0.05) is 57.7 Å². The highest BCUT2D eigenvalue weighted by Crippen LogP contribution is 2.28. The van der Waals surface area contributed by atoms with E-state index in [0.717, 1.165) is 114 Å². The minimum atomic E-state index is -0.418. The highest BCUT2D eigenvalue weighted by Gasteiger charge is 2.25. The Bertz CT molecular complexity index is 1190. The number of nitrogens with one attached hydrogen (secondary N) is 2. The first-order valence-corrected chi connectivity index (χ1v) is 17.0.